The Morgan fingerprint density at radius 3 is 2.65 bits per heavy atom. The van der Waals surface area contributed by atoms with E-state index < -0.39 is 0 Å². The van der Waals surface area contributed by atoms with Crippen LogP contribution in [0.2, 0.25) is 0 Å². The van der Waals surface area contributed by atoms with Crippen LogP contribution in [0.4, 0.5) is 5.69 Å². The highest BCUT2D eigenvalue weighted by molar-refractivity contribution is 9.10. The Bertz CT molecular complexity index is 443. The first-order valence-electron chi connectivity index (χ1n) is 7.80. The van der Waals surface area contributed by atoms with Gasteiger partial charge in [0, 0.05) is 29.3 Å². The maximum atomic E-state index is 3.62. The third-order valence-corrected chi connectivity index (χ3v) is 4.95. The summed E-state index contributed by atoms with van der Waals surface area (Å²) in [5.74, 6) is 0.880. The largest absolute Gasteiger partial charge is 0.371 e. The van der Waals surface area contributed by atoms with Crippen LogP contribution in [0, 0.1) is 5.92 Å². The Labute approximate surface area is 132 Å². The molecule has 1 aromatic rings. The Hall–Kier alpha value is -0.540. The van der Waals surface area contributed by atoms with Crippen LogP contribution in [0.1, 0.15) is 51.6 Å². The first kappa shape index (κ1) is 15.8. The third-order valence-electron chi connectivity index (χ3n) is 4.45. The van der Waals surface area contributed by atoms with Crippen molar-refractivity contribution < 1.29 is 0 Å². The molecule has 1 N–H and O–H groups in total. The molecule has 112 valence electrons. The predicted octanol–water partition coefficient (Wildman–Crippen LogP) is 4.74. The predicted molar refractivity (Wildman–Crippen MR) is 91.4 cm³/mol. The van der Waals surface area contributed by atoms with E-state index in [1.54, 1.807) is 0 Å². The minimum absolute atomic E-state index is 0.395. The maximum absolute atomic E-state index is 3.62. The molecule has 0 heterocycles. The van der Waals surface area contributed by atoms with Crippen molar-refractivity contribution in [2.24, 2.45) is 5.92 Å². The van der Waals surface area contributed by atoms with Gasteiger partial charge in [-0.1, -0.05) is 28.9 Å². The number of hydrogen-bond acceptors (Lipinski definition) is 2. The molecule has 1 aliphatic rings. The van der Waals surface area contributed by atoms with Gasteiger partial charge in [-0.25, -0.2) is 0 Å². The lowest BCUT2D eigenvalue weighted by Gasteiger charge is -2.31. The number of nitrogens with one attached hydrogen (secondary N) is 1. The molecule has 0 saturated heterocycles. The fourth-order valence-corrected chi connectivity index (χ4v) is 3.12. The van der Waals surface area contributed by atoms with Gasteiger partial charge in [0.15, 0.2) is 0 Å². The minimum atomic E-state index is 0.395. The van der Waals surface area contributed by atoms with Gasteiger partial charge < -0.3 is 10.2 Å². The molecule has 2 rings (SSSR count). The first-order chi connectivity index (χ1) is 9.54. The van der Waals surface area contributed by atoms with Crippen LogP contribution >= 0.6 is 15.9 Å². The number of rotatable bonds is 7. The van der Waals surface area contributed by atoms with E-state index in [0.29, 0.717) is 12.1 Å². The van der Waals surface area contributed by atoms with Crippen molar-refractivity contribution in [2.45, 2.75) is 52.1 Å². The topological polar surface area (TPSA) is 15.3 Å². The summed E-state index contributed by atoms with van der Waals surface area (Å²) in [7, 11) is 2.24. The van der Waals surface area contributed by atoms with Gasteiger partial charge in [0.05, 0.1) is 0 Å². The van der Waals surface area contributed by atoms with Crippen LogP contribution in [0.15, 0.2) is 22.7 Å². The summed E-state index contributed by atoms with van der Waals surface area (Å²) in [5, 5.41) is 3.61. The lowest BCUT2D eigenvalue weighted by Crippen LogP contribution is -2.32. The van der Waals surface area contributed by atoms with E-state index in [0.717, 1.165) is 16.9 Å². The van der Waals surface area contributed by atoms with Crippen LogP contribution in [-0.4, -0.2) is 19.6 Å². The van der Waals surface area contributed by atoms with Gasteiger partial charge in [-0.3, -0.25) is 0 Å². The van der Waals surface area contributed by atoms with Gasteiger partial charge in [-0.2, -0.15) is 0 Å². The van der Waals surface area contributed by atoms with E-state index in [4.69, 9.17) is 0 Å². The minimum Gasteiger partial charge on any atom is -0.371 e. The molecule has 2 nitrogen and oxygen atoms in total. The lowest BCUT2D eigenvalue weighted by atomic mass is 10.0. The lowest BCUT2D eigenvalue weighted by molar-refractivity contribution is 0.561. The fourth-order valence-electron chi connectivity index (χ4n) is 2.77. The van der Waals surface area contributed by atoms with Crippen LogP contribution in [0.5, 0.6) is 0 Å². The van der Waals surface area contributed by atoms with E-state index in [2.05, 4.69) is 72.2 Å². The molecule has 0 aromatic heterocycles. The molecule has 0 radical (unpaired) electrons. The SMILES string of the molecule is CCCNC(C)c1ccc(Br)cc1N(C)C(C)C1CC1. The number of halogens is 1. The van der Waals surface area contributed by atoms with Crippen LogP contribution < -0.4 is 10.2 Å². The van der Waals surface area contributed by atoms with Gasteiger partial charge in [-0.15, -0.1) is 0 Å². The summed E-state index contributed by atoms with van der Waals surface area (Å²) in [5.41, 5.74) is 2.76. The van der Waals surface area contributed by atoms with Gasteiger partial charge in [0.1, 0.15) is 0 Å². The highest BCUT2D eigenvalue weighted by atomic mass is 79.9. The molecular weight excluding hydrogens is 312 g/mol. The molecular formula is C17H27BrN2. The summed E-state index contributed by atoms with van der Waals surface area (Å²) in [4.78, 5) is 2.46. The van der Waals surface area contributed by atoms with Crippen LogP contribution in [0.3, 0.4) is 0 Å². The van der Waals surface area contributed by atoms with Crippen molar-refractivity contribution in [3.05, 3.63) is 28.2 Å². The molecule has 1 saturated carbocycles. The molecule has 1 aromatic carbocycles. The normalized spacial score (nSPS) is 17.9. The average molecular weight is 339 g/mol. The van der Waals surface area contributed by atoms with Gasteiger partial charge in [0.25, 0.3) is 0 Å². The van der Waals surface area contributed by atoms with Gasteiger partial charge in [-0.05, 0) is 63.3 Å². The summed E-state index contributed by atoms with van der Waals surface area (Å²) in [6.07, 6.45) is 3.95. The maximum Gasteiger partial charge on any atom is 0.0425 e. The highest BCUT2D eigenvalue weighted by Crippen LogP contribution is 2.38. The highest BCUT2D eigenvalue weighted by Gasteiger charge is 2.31. The molecule has 1 aliphatic carbocycles. The Kier molecular flexibility index (Phi) is 5.50. The molecule has 0 aliphatic heterocycles. The molecule has 0 amide bonds. The van der Waals surface area contributed by atoms with E-state index in [9.17, 15) is 0 Å². The fraction of sp³-hybridized carbons (Fsp3) is 0.647. The van der Waals surface area contributed by atoms with Crippen LogP contribution in [0.25, 0.3) is 0 Å². The van der Waals surface area contributed by atoms with E-state index in [1.165, 1.54) is 30.5 Å². The van der Waals surface area contributed by atoms with Crippen LogP contribution in [-0.2, 0) is 0 Å². The molecule has 0 bridgehead atoms. The Morgan fingerprint density at radius 2 is 2.05 bits per heavy atom. The van der Waals surface area contributed by atoms with E-state index >= 15 is 0 Å². The Balaban J connectivity index is 2.22. The molecule has 20 heavy (non-hydrogen) atoms. The van der Waals surface area contributed by atoms with E-state index in [1.807, 2.05) is 0 Å². The second kappa shape index (κ2) is 6.95. The van der Waals surface area contributed by atoms with Gasteiger partial charge >= 0.3 is 0 Å². The summed E-state index contributed by atoms with van der Waals surface area (Å²) < 4.78 is 1.16. The van der Waals surface area contributed by atoms with Crippen molar-refractivity contribution in [1.29, 1.82) is 0 Å². The number of nitrogens with zero attached hydrogens (tertiary/aromatic N) is 1. The second-order valence-corrected chi connectivity index (χ2v) is 6.98. The zero-order chi connectivity index (χ0) is 14.7. The quantitative estimate of drug-likeness (QED) is 0.772. The van der Waals surface area contributed by atoms with Crippen molar-refractivity contribution in [1.82, 2.24) is 5.32 Å². The monoisotopic (exact) mass is 338 g/mol. The zero-order valence-corrected chi connectivity index (χ0v) is 14.7. The number of anilines is 1. The third kappa shape index (κ3) is 3.76. The summed E-state index contributed by atoms with van der Waals surface area (Å²) >= 11 is 3.62. The second-order valence-electron chi connectivity index (χ2n) is 6.07. The van der Waals surface area contributed by atoms with Crippen molar-refractivity contribution >= 4 is 21.6 Å². The van der Waals surface area contributed by atoms with Gasteiger partial charge in [0.2, 0.25) is 0 Å². The standard InChI is InChI=1S/C17H27BrN2/c1-5-10-19-12(2)16-9-8-15(18)11-17(16)20(4)13(3)14-6-7-14/h8-9,11-14,19H,5-7,10H2,1-4H3. The molecule has 3 heteroatoms. The average Bonchev–Trinajstić information content (AvgIpc) is 3.27. The van der Waals surface area contributed by atoms with E-state index in [-0.39, 0.29) is 0 Å². The number of hydrogen-bond donors (Lipinski definition) is 1. The van der Waals surface area contributed by atoms with Crippen molar-refractivity contribution in [3.63, 3.8) is 0 Å². The molecule has 2 unspecified atom stereocenters. The smallest absolute Gasteiger partial charge is 0.0425 e. The number of benzene rings is 1. The zero-order valence-electron chi connectivity index (χ0n) is 13.1. The summed E-state index contributed by atoms with van der Waals surface area (Å²) in [6, 6.07) is 7.69. The first-order valence-corrected chi connectivity index (χ1v) is 8.59. The molecule has 2 atom stereocenters. The molecule has 0 spiro atoms. The van der Waals surface area contributed by atoms with Crippen molar-refractivity contribution in [2.75, 3.05) is 18.5 Å². The van der Waals surface area contributed by atoms with Crippen molar-refractivity contribution in [3.8, 4) is 0 Å². The molecule has 1 fully saturated rings. The summed E-state index contributed by atoms with van der Waals surface area (Å²) in [6.45, 7) is 7.90. The Morgan fingerprint density at radius 1 is 1.35 bits per heavy atom.